The molecule has 0 bridgehead atoms. The molecule has 17 heavy (non-hydrogen) atoms. The second-order valence-electron chi connectivity index (χ2n) is 3.51. The number of benzene rings is 1. The number of ether oxygens (including phenoxy) is 1. The third-order valence-corrected chi connectivity index (χ3v) is 3.05. The van der Waals surface area contributed by atoms with Gasteiger partial charge >= 0.3 is 0 Å². The monoisotopic (exact) mass is 365 g/mol. The molecule has 2 N–H and O–H groups in total. The number of carbonyl (C=O) groups is 1. The number of nitrogens with one attached hydrogen (secondary N) is 1. The summed E-state index contributed by atoms with van der Waals surface area (Å²) in [5, 5.41) is 11.4. The Kier molecular flexibility index (Phi) is 5.94. The van der Waals surface area contributed by atoms with Crippen LogP contribution >= 0.6 is 31.9 Å². The fraction of sp³-hybridized carbons (Fsp3) is 0.364. The predicted octanol–water partition coefficient (Wildman–Crippen LogP) is 2.09. The van der Waals surface area contributed by atoms with Gasteiger partial charge in [0.2, 0.25) is 0 Å². The molecular weight excluding hydrogens is 354 g/mol. The van der Waals surface area contributed by atoms with Gasteiger partial charge in [0.05, 0.1) is 11.1 Å². The van der Waals surface area contributed by atoms with Crippen LogP contribution in [0, 0.1) is 0 Å². The van der Waals surface area contributed by atoms with E-state index < -0.39 is 0 Å². The molecule has 0 spiro atoms. The average Bonchev–Trinajstić information content (AvgIpc) is 2.27. The van der Waals surface area contributed by atoms with Crippen molar-refractivity contribution < 1.29 is 14.6 Å². The van der Waals surface area contributed by atoms with Gasteiger partial charge in [-0.05, 0) is 41.1 Å². The van der Waals surface area contributed by atoms with Gasteiger partial charge in [-0.15, -0.1) is 0 Å². The number of halogens is 2. The van der Waals surface area contributed by atoms with Gasteiger partial charge in [0.25, 0.3) is 5.91 Å². The lowest BCUT2D eigenvalue weighted by Crippen LogP contribution is -2.38. The molecule has 1 amide bonds. The van der Waals surface area contributed by atoms with Gasteiger partial charge in [-0.2, -0.15) is 0 Å². The maximum atomic E-state index is 11.4. The van der Waals surface area contributed by atoms with Crippen molar-refractivity contribution in [1.29, 1.82) is 0 Å². The normalized spacial score (nSPS) is 12.0. The average molecular weight is 367 g/mol. The SMILES string of the molecule is C[C@H](CO)NC(=O)COc1ccc(Br)cc1Br. The molecule has 0 fully saturated rings. The molecule has 0 saturated heterocycles. The van der Waals surface area contributed by atoms with Crippen molar-refractivity contribution >= 4 is 37.8 Å². The highest BCUT2D eigenvalue weighted by atomic mass is 79.9. The topological polar surface area (TPSA) is 58.6 Å². The summed E-state index contributed by atoms with van der Waals surface area (Å²) in [6, 6.07) is 5.16. The van der Waals surface area contributed by atoms with Gasteiger partial charge in [0, 0.05) is 10.5 Å². The quantitative estimate of drug-likeness (QED) is 0.838. The minimum Gasteiger partial charge on any atom is -0.483 e. The molecule has 0 aliphatic carbocycles. The summed E-state index contributed by atoms with van der Waals surface area (Å²) < 4.78 is 7.04. The van der Waals surface area contributed by atoms with Crippen LogP contribution in [0.2, 0.25) is 0 Å². The lowest BCUT2D eigenvalue weighted by molar-refractivity contribution is -0.124. The van der Waals surface area contributed by atoms with Crippen molar-refractivity contribution in [3.63, 3.8) is 0 Å². The van der Waals surface area contributed by atoms with Crippen LogP contribution in [-0.4, -0.2) is 30.3 Å². The van der Waals surface area contributed by atoms with E-state index in [4.69, 9.17) is 9.84 Å². The first kappa shape index (κ1) is 14.5. The Morgan fingerprint density at radius 1 is 1.53 bits per heavy atom. The lowest BCUT2D eigenvalue weighted by Gasteiger charge is -2.12. The largest absolute Gasteiger partial charge is 0.483 e. The third kappa shape index (κ3) is 5.06. The van der Waals surface area contributed by atoms with Crippen LogP contribution in [-0.2, 0) is 4.79 Å². The highest BCUT2D eigenvalue weighted by Crippen LogP contribution is 2.27. The summed E-state index contributed by atoms with van der Waals surface area (Å²) in [7, 11) is 0. The van der Waals surface area contributed by atoms with E-state index in [-0.39, 0.29) is 25.2 Å². The Morgan fingerprint density at radius 2 is 2.24 bits per heavy atom. The maximum absolute atomic E-state index is 11.4. The van der Waals surface area contributed by atoms with Gasteiger partial charge in [-0.25, -0.2) is 0 Å². The third-order valence-electron chi connectivity index (χ3n) is 1.93. The minimum atomic E-state index is -0.264. The van der Waals surface area contributed by atoms with E-state index in [1.54, 1.807) is 13.0 Å². The van der Waals surface area contributed by atoms with Crippen LogP contribution in [0.1, 0.15) is 6.92 Å². The molecule has 6 heteroatoms. The Labute approximate surface area is 117 Å². The molecular formula is C11H13Br2NO3. The molecule has 0 aromatic heterocycles. The molecule has 0 aliphatic rings. The highest BCUT2D eigenvalue weighted by molar-refractivity contribution is 9.11. The fourth-order valence-electron chi connectivity index (χ4n) is 1.10. The van der Waals surface area contributed by atoms with Crippen LogP contribution in [0.5, 0.6) is 5.75 Å². The summed E-state index contributed by atoms with van der Waals surface area (Å²) >= 11 is 6.66. The molecule has 1 aromatic rings. The number of hydrogen-bond donors (Lipinski definition) is 2. The van der Waals surface area contributed by atoms with Gasteiger partial charge in [-0.1, -0.05) is 15.9 Å². The maximum Gasteiger partial charge on any atom is 0.258 e. The lowest BCUT2D eigenvalue weighted by atomic mass is 10.3. The fourth-order valence-corrected chi connectivity index (χ4v) is 2.26. The van der Waals surface area contributed by atoms with E-state index >= 15 is 0 Å². The summed E-state index contributed by atoms with van der Waals surface area (Å²) in [5.74, 6) is 0.335. The number of rotatable bonds is 5. The molecule has 0 radical (unpaired) electrons. The Hall–Kier alpha value is -0.590. The zero-order chi connectivity index (χ0) is 12.8. The van der Waals surface area contributed by atoms with Gasteiger partial charge in [-0.3, -0.25) is 4.79 Å². The predicted molar refractivity (Wildman–Crippen MR) is 72.0 cm³/mol. The van der Waals surface area contributed by atoms with Crippen LogP contribution in [0.3, 0.4) is 0 Å². The van der Waals surface area contributed by atoms with E-state index in [9.17, 15) is 4.79 Å². The number of hydrogen-bond acceptors (Lipinski definition) is 3. The molecule has 94 valence electrons. The zero-order valence-electron chi connectivity index (χ0n) is 9.24. The van der Waals surface area contributed by atoms with Crippen molar-refractivity contribution in [1.82, 2.24) is 5.32 Å². The van der Waals surface area contributed by atoms with Crippen molar-refractivity contribution in [2.75, 3.05) is 13.2 Å². The molecule has 0 heterocycles. The first-order valence-corrected chi connectivity index (χ1v) is 6.59. The summed E-state index contributed by atoms with van der Waals surface area (Å²) in [5.41, 5.74) is 0. The first-order valence-electron chi connectivity index (χ1n) is 5.01. The number of carbonyl (C=O) groups excluding carboxylic acids is 1. The van der Waals surface area contributed by atoms with Crippen LogP contribution in [0.4, 0.5) is 0 Å². The number of aliphatic hydroxyl groups excluding tert-OH is 1. The molecule has 1 atom stereocenters. The van der Waals surface area contributed by atoms with Crippen molar-refractivity contribution in [2.45, 2.75) is 13.0 Å². The standard InChI is InChI=1S/C11H13Br2NO3/c1-7(5-15)14-11(16)6-17-10-3-2-8(12)4-9(10)13/h2-4,7,15H,5-6H2,1H3,(H,14,16)/t7-/m1/s1. The van der Waals surface area contributed by atoms with Crippen LogP contribution < -0.4 is 10.1 Å². The van der Waals surface area contributed by atoms with Crippen molar-refractivity contribution in [3.8, 4) is 5.75 Å². The summed E-state index contributed by atoms with van der Waals surface area (Å²) in [6.45, 7) is 1.55. The summed E-state index contributed by atoms with van der Waals surface area (Å²) in [4.78, 5) is 11.4. The second kappa shape index (κ2) is 6.98. The number of amides is 1. The van der Waals surface area contributed by atoms with Gasteiger partial charge in [0.1, 0.15) is 5.75 Å². The van der Waals surface area contributed by atoms with E-state index in [1.165, 1.54) is 0 Å². The molecule has 0 aliphatic heterocycles. The Balaban J connectivity index is 2.47. The van der Waals surface area contributed by atoms with Crippen LogP contribution in [0.15, 0.2) is 27.1 Å². The van der Waals surface area contributed by atoms with Crippen molar-refractivity contribution in [3.05, 3.63) is 27.1 Å². The molecule has 0 saturated carbocycles. The molecule has 1 rings (SSSR count). The van der Waals surface area contributed by atoms with Crippen LogP contribution in [0.25, 0.3) is 0 Å². The zero-order valence-corrected chi connectivity index (χ0v) is 12.4. The summed E-state index contributed by atoms with van der Waals surface area (Å²) in [6.07, 6.45) is 0. The molecule has 0 unspecified atom stereocenters. The smallest absolute Gasteiger partial charge is 0.258 e. The minimum absolute atomic E-state index is 0.0788. The van der Waals surface area contributed by atoms with E-state index in [0.717, 1.165) is 8.95 Å². The molecule has 1 aromatic carbocycles. The Morgan fingerprint density at radius 3 is 2.82 bits per heavy atom. The van der Waals surface area contributed by atoms with Gasteiger partial charge in [0.15, 0.2) is 6.61 Å². The van der Waals surface area contributed by atoms with Crippen molar-refractivity contribution in [2.24, 2.45) is 0 Å². The van der Waals surface area contributed by atoms with Gasteiger partial charge < -0.3 is 15.2 Å². The highest BCUT2D eigenvalue weighted by Gasteiger charge is 2.08. The molecule has 4 nitrogen and oxygen atoms in total. The second-order valence-corrected chi connectivity index (χ2v) is 5.28. The van der Waals surface area contributed by atoms with E-state index in [2.05, 4.69) is 37.2 Å². The van der Waals surface area contributed by atoms with E-state index in [1.807, 2.05) is 12.1 Å². The first-order chi connectivity index (χ1) is 8.02. The number of aliphatic hydroxyl groups is 1. The Bertz CT molecular complexity index is 398. The van der Waals surface area contributed by atoms with E-state index in [0.29, 0.717) is 5.75 Å².